The molecule has 0 saturated heterocycles. The molecule has 5 aromatic rings. The standard InChI is InChI=1S/C23H22N8O2/c1-3-6-19-25-21-20(22(32)29(2)23(33)26-21)30(19)13-15-9-11-16(12-10-15)17-7-4-5-8-18(17)31-14-24-27-28-31/h4-5,7-12,14H,3,6,13H2,1-2H3,(H,26,33). The summed E-state index contributed by atoms with van der Waals surface area (Å²) < 4.78 is 4.62. The van der Waals surface area contributed by atoms with Crippen molar-refractivity contribution in [3.8, 4) is 16.8 Å². The van der Waals surface area contributed by atoms with Crippen LogP contribution < -0.4 is 11.2 Å². The Morgan fingerprint density at radius 2 is 1.82 bits per heavy atom. The van der Waals surface area contributed by atoms with E-state index in [-0.39, 0.29) is 5.56 Å². The normalized spacial score (nSPS) is 11.3. The number of benzene rings is 2. The van der Waals surface area contributed by atoms with E-state index in [4.69, 9.17) is 0 Å². The Balaban J connectivity index is 1.54. The van der Waals surface area contributed by atoms with Gasteiger partial charge in [0.05, 0.1) is 5.69 Å². The summed E-state index contributed by atoms with van der Waals surface area (Å²) in [4.78, 5) is 32.1. The Hall–Kier alpha value is -4.34. The van der Waals surface area contributed by atoms with E-state index in [0.717, 1.165) is 39.2 Å². The maximum atomic E-state index is 12.8. The minimum Gasteiger partial charge on any atom is -0.318 e. The Morgan fingerprint density at radius 1 is 1.03 bits per heavy atom. The first-order chi connectivity index (χ1) is 16.1. The van der Waals surface area contributed by atoms with Gasteiger partial charge in [-0.25, -0.2) is 9.78 Å². The van der Waals surface area contributed by atoms with E-state index in [1.54, 1.807) is 11.0 Å². The molecule has 0 amide bonds. The molecule has 0 atom stereocenters. The molecule has 166 valence electrons. The minimum absolute atomic E-state index is 0.332. The SMILES string of the molecule is CCCc1nc2[nH]c(=O)n(C)c(=O)c2n1Cc1ccc(-c2ccccc2-n2cnnn2)cc1. The van der Waals surface area contributed by atoms with Crippen molar-refractivity contribution in [2.75, 3.05) is 0 Å². The van der Waals surface area contributed by atoms with Gasteiger partial charge in [0.15, 0.2) is 11.2 Å². The van der Waals surface area contributed by atoms with Gasteiger partial charge in [0.1, 0.15) is 12.2 Å². The number of tetrazole rings is 1. The van der Waals surface area contributed by atoms with Crippen molar-refractivity contribution in [1.82, 2.24) is 39.3 Å². The van der Waals surface area contributed by atoms with Crippen LogP contribution in [-0.2, 0) is 20.0 Å². The number of H-pyrrole nitrogens is 1. The summed E-state index contributed by atoms with van der Waals surface area (Å²) in [5.41, 5.74) is 3.85. The number of para-hydroxylation sites is 1. The minimum atomic E-state index is -0.467. The predicted octanol–water partition coefficient (Wildman–Crippen LogP) is 2.07. The van der Waals surface area contributed by atoms with Crippen LogP contribution in [0.1, 0.15) is 24.7 Å². The van der Waals surface area contributed by atoms with E-state index >= 15 is 0 Å². The molecule has 0 bridgehead atoms. The fourth-order valence-electron chi connectivity index (χ4n) is 3.99. The second kappa shape index (κ2) is 8.30. The highest BCUT2D eigenvalue weighted by atomic mass is 16.2. The average Bonchev–Trinajstić information content (AvgIpc) is 3.47. The lowest BCUT2D eigenvalue weighted by Gasteiger charge is -2.11. The van der Waals surface area contributed by atoms with Gasteiger partial charge < -0.3 is 4.57 Å². The molecular formula is C23H22N8O2. The molecule has 0 spiro atoms. The third kappa shape index (κ3) is 3.65. The zero-order valence-electron chi connectivity index (χ0n) is 18.3. The molecule has 5 rings (SSSR count). The summed E-state index contributed by atoms with van der Waals surface area (Å²) in [5.74, 6) is 0.777. The summed E-state index contributed by atoms with van der Waals surface area (Å²) in [6.45, 7) is 2.53. The van der Waals surface area contributed by atoms with Crippen LogP contribution in [-0.4, -0.2) is 39.3 Å². The monoisotopic (exact) mass is 442 g/mol. The summed E-state index contributed by atoms with van der Waals surface area (Å²) in [6, 6.07) is 16.0. The number of aryl methyl sites for hydroxylation is 1. The number of imidazole rings is 1. The molecule has 3 heterocycles. The Kier molecular flexibility index (Phi) is 5.17. The summed E-state index contributed by atoms with van der Waals surface area (Å²) >= 11 is 0. The smallest absolute Gasteiger partial charge is 0.318 e. The van der Waals surface area contributed by atoms with Crippen molar-refractivity contribution < 1.29 is 0 Å². The Morgan fingerprint density at radius 3 is 2.55 bits per heavy atom. The van der Waals surface area contributed by atoms with Crippen LogP contribution in [0, 0.1) is 0 Å². The molecule has 0 aliphatic heterocycles. The van der Waals surface area contributed by atoms with Crippen LogP contribution in [0.5, 0.6) is 0 Å². The van der Waals surface area contributed by atoms with Gasteiger partial charge in [0, 0.05) is 25.6 Å². The van der Waals surface area contributed by atoms with Crippen LogP contribution in [0.3, 0.4) is 0 Å². The zero-order valence-corrected chi connectivity index (χ0v) is 18.3. The molecule has 33 heavy (non-hydrogen) atoms. The fourth-order valence-corrected chi connectivity index (χ4v) is 3.99. The quantitative estimate of drug-likeness (QED) is 0.430. The highest BCUT2D eigenvalue weighted by Crippen LogP contribution is 2.26. The van der Waals surface area contributed by atoms with Gasteiger partial charge in [-0.15, -0.1) is 5.10 Å². The van der Waals surface area contributed by atoms with Crippen molar-refractivity contribution in [3.63, 3.8) is 0 Å². The molecule has 0 aliphatic carbocycles. The molecule has 10 heteroatoms. The second-order valence-corrected chi connectivity index (χ2v) is 7.82. The fraction of sp³-hybridized carbons (Fsp3) is 0.217. The zero-order chi connectivity index (χ0) is 22.9. The Labute approximate surface area is 188 Å². The highest BCUT2D eigenvalue weighted by molar-refractivity contribution is 5.73. The van der Waals surface area contributed by atoms with Crippen molar-refractivity contribution in [2.24, 2.45) is 7.05 Å². The molecule has 0 aliphatic rings. The first-order valence-corrected chi connectivity index (χ1v) is 10.7. The van der Waals surface area contributed by atoms with Gasteiger partial charge in [-0.3, -0.25) is 14.3 Å². The van der Waals surface area contributed by atoms with E-state index < -0.39 is 5.69 Å². The summed E-state index contributed by atoms with van der Waals surface area (Å²) in [7, 11) is 1.47. The maximum Gasteiger partial charge on any atom is 0.329 e. The van der Waals surface area contributed by atoms with Crippen LogP contribution in [0.4, 0.5) is 0 Å². The van der Waals surface area contributed by atoms with Crippen molar-refractivity contribution in [1.29, 1.82) is 0 Å². The van der Waals surface area contributed by atoms with Gasteiger partial charge in [-0.05, 0) is 34.0 Å². The predicted molar refractivity (Wildman–Crippen MR) is 123 cm³/mol. The molecule has 2 aromatic carbocycles. The number of nitrogens with zero attached hydrogens (tertiary/aromatic N) is 7. The number of fused-ring (bicyclic) bond motifs is 1. The van der Waals surface area contributed by atoms with E-state index in [9.17, 15) is 9.59 Å². The first-order valence-electron chi connectivity index (χ1n) is 10.7. The van der Waals surface area contributed by atoms with Crippen LogP contribution in [0.25, 0.3) is 28.0 Å². The third-order valence-electron chi connectivity index (χ3n) is 5.66. The molecule has 10 nitrogen and oxygen atoms in total. The van der Waals surface area contributed by atoms with Gasteiger partial charge in [-0.2, -0.15) is 4.68 Å². The van der Waals surface area contributed by atoms with Gasteiger partial charge in [-0.1, -0.05) is 49.4 Å². The maximum absolute atomic E-state index is 12.8. The van der Waals surface area contributed by atoms with Gasteiger partial charge in [0.2, 0.25) is 0 Å². The van der Waals surface area contributed by atoms with Crippen LogP contribution >= 0.6 is 0 Å². The largest absolute Gasteiger partial charge is 0.329 e. The number of nitrogens with one attached hydrogen (secondary N) is 1. The van der Waals surface area contributed by atoms with Gasteiger partial charge >= 0.3 is 5.69 Å². The summed E-state index contributed by atoms with van der Waals surface area (Å²) in [5, 5.41) is 11.5. The van der Waals surface area contributed by atoms with Crippen molar-refractivity contribution in [2.45, 2.75) is 26.3 Å². The highest BCUT2D eigenvalue weighted by Gasteiger charge is 2.17. The van der Waals surface area contributed by atoms with Crippen molar-refractivity contribution in [3.05, 3.63) is 87.1 Å². The lowest BCUT2D eigenvalue weighted by molar-refractivity contribution is 0.713. The molecule has 0 unspecified atom stereocenters. The van der Waals surface area contributed by atoms with E-state index in [1.807, 2.05) is 53.1 Å². The van der Waals surface area contributed by atoms with Crippen LogP contribution in [0.2, 0.25) is 0 Å². The molecular weight excluding hydrogens is 420 g/mol. The van der Waals surface area contributed by atoms with E-state index in [1.165, 1.54) is 7.05 Å². The molecule has 0 fully saturated rings. The number of hydrogen-bond acceptors (Lipinski definition) is 6. The number of hydrogen-bond donors (Lipinski definition) is 1. The average molecular weight is 442 g/mol. The second-order valence-electron chi connectivity index (χ2n) is 7.82. The number of aromatic amines is 1. The summed E-state index contributed by atoms with van der Waals surface area (Å²) in [6.07, 6.45) is 3.15. The van der Waals surface area contributed by atoms with Crippen molar-refractivity contribution >= 4 is 11.2 Å². The van der Waals surface area contributed by atoms with Gasteiger partial charge in [0.25, 0.3) is 5.56 Å². The molecule has 1 N–H and O–H groups in total. The molecule has 3 aromatic heterocycles. The lowest BCUT2D eigenvalue weighted by atomic mass is 10.0. The number of rotatable bonds is 6. The first kappa shape index (κ1) is 20.6. The third-order valence-corrected chi connectivity index (χ3v) is 5.66. The molecule has 0 saturated carbocycles. The lowest BCUT2D eigenvalue weighted by Crippen LogP contribution is -2.33. The van der Waals surface area contributed by atoms with Crippen LogP contribution in [0.15, 0.2) is 64.4 Å². The van der Waals surface area contributed by atoms with E-state index in [2.05, 4.69) is 32.4 Å². The molecule has 0 radical (unpaired) electrons. The Bertz CT molecular complexity index is 1540. The van der Waals surface area contributed by atoms with E-state index in [0.29, 0.717) is 24.1 Å². The topological polar surface area (TPSA) is 116 Å². The number of aromatic nitrogens is 8.